The third kappa shape index (κ3) is 12.1. The SMILES string of the molecule is Cc1cc(C)c([NH3+])c(C)c1.FC(F)(F)c1cc([B-](c2cc(C(F)(F)F)cc(C(F)(F)F)c2)(c2cc(C(F)(F)F)cc(C(F)(F)F)c2)c2cc(C(F)(F)F)cc(C(F)(F)F)c2)cc(C(F)(F)F)c1. The number of benzene rings is 5. The maximum Gasteiger partial charge on any atom is 0.416 e. The van der Waals surface area contributed by atoms with Crippen LogP contribution >= 0.6 is 0 Å². The van der Waals surface area contributed by atoms with Gasteiger partial charge in [-0.1, -0.05) is 66.2 Å². The predicted molar refractivity (Wildman–Crippen MR) is 193 cm³/mol. The van der Waals surface area contributed by atoms with Crippen molar-refractivity contribution in [3.63, 3.8) is 0 Å². The van der Waals surface area contributed by atoms with Crippen LogP contribution in [-0.4, -0.2) is 6.15 Å². The molecule has 0 unspecified atom stereocenters. The normalized spacial score (nSPS) is 13.7. The second-order valence-electron chi connectivity index (χ2n) is 15.1. The summed E-state index contributed by atoms with van der Waals surface area (Å²) in [5.41, 5.74) is -21.2. The van der Waals surface area contributed by atoms with Crippen LogP contribution in [0.4, 0.5) is 111 Å². The summed E-state index contributed by atoms with van der Waals surface area (Å²) < 4.78 is 341. The van der Waals surface area contributed by atoms with Crippen LogP contribution in [0, 0.1) is 20.8 Å². The van der Waals surface area contributed by atoms with Gasteiger partial charge < -0.3 is 5.73 Å². The van der Waals surface area contributed by atoms with Gasteiger partial charge in [-0.05, 0) is 45.0 Å². The first kappa shape index (κ1) is 54.1. The molecule has 5 rings (SSSR count). The molecule has 0 bridgehead atoms. The molecule has 0 aliphatic rings. The van der Waals surface area contributed by atoms with Gasteiger partial charge in [-0.15, -0.1) is 0 Å². The Morgan fingerprint density at radius 3 is 0.552 bits per heavy atom. The van der Waals surface area contributed by atoms with E-state index in [2.05, 4.69) is 38.6 Å². The first-order valence-corrected chi connectivity index (χ1v) is 18.1. The number of hydrogen-bond donors (Lipinski definition) is 1. The van der Waals surface area contributed by atoms with E-state index in [0.29, 0.717) is 0 Å². The summed E-state index contributed by atoms with van der Waals surface area (Å²) in [4.78, 5) is 0. The summed E-state index contributed by atoms with van der Waals surface area (Å²) in [7, 11) is 0. The van der Waals surface area contributed by atoms with E-state index in [1.54, 1.807) is 0 Å². The third-order valence-corrected chi connectivity index (χ3v) is 10.3. The first-order valence-electron chi connectivity index (χ1n) is 18.1. The smallest absolute Gasteiger partial charge is 0.325 e. The highest BCUT2D eigenvalue weighted by atomic mass is 19.4. The van der Waals surface area contributed by atoms with E-state index in [4.69, 9.17) is 0 Å². The number of halogens is 24. The standard InChI is InChI=1S/C32H12BF24.C9H13N/c34-25(35,36)13-1-14(26(37,38)39)6-21(5-13)33(22-7-15(27(40,41)42)2-16(8-22)28(43,44)45,23-9-17(29(46,47)48)3-18(10-23)30(49,50)51)24-11-19(31(52,53)54)4-20(12-24)32(55,56)57;1-6-4-7(2)9(10)8(3)5-6/h1-12H;4-5H,10H2,1-3H3/q-1;/p+1. The zero-order valence-corrected chi connectivity index (χ0v) is 33.4. The summed E-state index contributed by atoms with van der Waals surface area (Å²) in [6.45, 7) is 6.31. The van der Waals surface area contributed by atoms with E-state index in [9.17, 15) is 105 Å². The van der Waals surface area contributed by atoms with Crippen molar-refractivity contribution in [3.8, 4) is 0 Å². The highest BCUT2D eigenvalue weighted by Gasteiger charge is 2.47. The minimum absolute atomic E-state index is 0.691. The molecule has 0 radical (unpaired) electrons. The lowest BCUT2D eigenvalue weighted by atomic mass is 9.12. The van der Waals surface area contributed by atoms with Crippen molar-refractivity contribution < 1.29 is 111 Å². The minimum atomic E-state index is -6.13. The van der Waals surface area contributed by atoms with Gasteiger partial charge in [0.25, 0.3) is 0 Å². The maximum atomic E-state index is 14.2. The topological polar surface area (TPSA) is 27.6 Å². The van der Waals surface area contributed by atoms with Crippen LogP contribution in [0.15, 0.2) is 84.9 Å². The maximum absolute atomic E-state index is 14.2. The molecular formula is C41H26BF24N. The third-order valence-electron chi connectivity index (χ3n) is 10.3. The molecule has 5 aromatic rings. The van der Waals surface area contributed by atoms with Crippen molar-refractivity contribution in [1.82, 2.24) is 0 Å². The van der Waals surface area contributed by atoms with Crippen LogP contribution in [-0.2, 0) is 49.4 Å². The lowest BCUT2D eigenvalue weighted by molar-refractivity contribution is -0.256. The highest BCUT2D eigenvalue weighted by molar-refractivity contribution is 7.20. The van der Waals surface area contributed by atoms with E-state index in [1.165, 1.54) is 22.4 Å². The largest absolute Gasteiger partial charge is 0.416 e. The van der Waals surface area contributed by atoms with E-state index < -0.39 is 195 Å². The lowest BCUT2D eigenvalue weighted by Crippen LogP contribution is -2.75. The Kier molecular flexibility index (Phi) is 14.1. The lowest BCUT2D eigenvalue weighted by Gasteiger charge is -2.46. The molecule has 26 heteroatoms. The van der Waals surface area contributed by atoms with Crippen molar-refractivity contribution in [2.75, 3.05) is 0 Å². The first-order chi connectivity index (χ1) is 29.9. The van der Waals surface area contributed by atoms with E-state index >= 15 is 0 Å². The van der Waals surface area contributed by atoms with Crippen LogP contribution in [0.3, 0.4) is 0 Å². The molecule has 0 saturated heterocycles. The number of hydrogen-bond acceptors (Lipinski definition) is 0. The Balaban J connectivity index is 0.000000865. The number of quaternary nitrogens is 1. The molecule has 0 aliphatic carbocycles. The van der Waals surface area contributed by atoms with Crippen molar-refractivity contribution in [2.24, 2.45) is 0 Å². The fraction of sp³-hybridized carbons (Fsp3) is 0.268. The summed E-state index contributed by atoms with van der Waals surface area (Å²) in [6, 6.07) is -4.49. The highest BCUT2D eigenvalue weighted by Crippen LogP contribution is 2.41. The number of rotatable bonds is 4. The summed E-state index contributed by atoms with van der Waals surface area (Å²) in [5.74, 6) is 0. The van der Waals surface area contributed by atoms with E-state index in [0.717, 1.165) is 0 Å². The fourth-order valence-electron chi connectivity index (χ4n) is 7.28. The van der Waals surface area contributed by atoms with Crippen LogP contribution in [0.2, 0.25) is 0 Å². The second kappa shape index (κ2) is 17.5. The Hall–Kier alpha value is -5.56. The Labute approximate surface area is 361 Å². The van der Waals surface area contributed by atoms with E-state index in [-0.39, 0.29) is 0 Å². The Morgan fingerprint density at radius 1 is 0.269 bits per heavy atom. The number of aryl methyl sites for hydroxylation is 3. The van der Waals surface area contributed by atoms with Crippen LogP contribution < -0.4 is 27.6 Å². The minimum Gasteiger partial charge on any atom is -0.325 e. The molecule has 3 N–H and O–H groups in total. The fourth-order valence-corrected chi connectivity index (χ4v) is 7.28. The van der Waals surface area contributed by atoms with Crippen molar-refractivity contribution >= 4 is 33.7 Å². The molecule has 1 nitrogen and oxygen atoms in total. The molecule has 0 aromatic heterocycles. The van der Waals surface area contributed by atoms with E-state index in [1.807, 2.05) is 0 Å². The molecule has 0 heterocycles. The quantitative estimate of drug-likeness (QED) is 0.137. The average Bonchev–Trinajstić information content (AvgIpc) is 3.14. The molecular weight excluding hydrogens is 973 g/mol. The molecule has 0 atom stereocenters. The van der Waals surface area contributed by atoms with Gasteiger partial charge in [-0.3, -0.25) is 0 Å². The summed E-state index contributed by atoms with van der Waals surface area (Å²) >= 11 is 0. The van der Waals surface area contributed by atoms with Crippen molar-refractivity contribution in [1.29, 1.82) is 0 Å². The van der Waals surface area contributed by atoms with Gasteiger partial charge in [-0.2, -0.15) is 127 Å². The Morgan fingerprint density at radius 2 is 0.418 bits per heavy atom. The van der Waals surface area contributed by atoms with Gasteiger partial charge in [-0.25, -0.2) is 0 Å². The van der Waals surface area contributed by atoms with Crippen molar-refractivity contribution in [3.05, 3.63) is 146 Å². The molecule has 0 amide bonds. The second-order valence-corrected chi connectivity index (χ2v) is 15.1. The molecule has 0 spiro atoms. The monoisotopic (exact) mass is 999 g/mol. The molecule has 0 saturated carbocycles. The number of alkyl halides is 24. The van der Waals surface area contributed by atoms with Crippen LogP contribution in [0.1, 0.15) is 61.2 Å². The van der Waals surface area contributed by atoms with Gasteiger partial charge in [0.1, 0.15) is 11.8 Å². The zero-order valence-electron chi connectivity index (χ0n) is 33.4. The predicted octanol–water partition coefficient (Wildman–Crippen LogP) is 12.7. The Bertz CT molecular complexity index is 2160. The van der Waals surface area contributed by atoms with Gasteiger partial charge in [0.2, 0.25) is 0 Å². The van der Waals surface area contributed by atoms with Crippen LogP contribution in [0.25, 0.3) is 0 Å². The van der Waals surface area contributed by atoms with Gasteiger partial charge >= 0.3 is 49.4 Å². The van der Waals surface area contributed by atoms with Gasteiger partial charge in [0, 0.05) is 11.1 Å². The molecule has 366 valence electrons. The van der Waals surface area contributed by atoms with Crippen LogP contribution in [0.5, 0.6) is 0 Å². The zero-order chi connectivity index (χ0) is 51.6. The molecule has 0 fully saturated rings. The van der Waals surface area contributed by atoms with Crippen molar-refractivity contribution in [2.45, 2.75) is 70.2 Å². The van der Waals surface area contributed by atoms with Gasteiger partial charge in [0.05, 0.1) is 44.5 Å². The summed E-state index contributed by atoms with van der Waals surface area (Å²) in [6.07, 6.45) is -54.8. The summed E-state index contributed by atoms with van der Waals surface area (Å²) in [5, 5.41) is 0. The average molecular weight is 999 g/mol. The molecule has 67 heavy (non-hydrogen) atoms. The molecule has 0 aliphatic heterocycles. The van der Waals surface area contributed by atoms with Gasteiger partial charge in [0.15, 0.2) is 0 Å². The molecule has 5 aromatic carbocycles.